The number of thiophene rings is 1. The fourth-order valence-corrected chi connectivity index (χ4v) is 4.71. The SMILES string of the molecule is Cc1cccc(N(C)S(=O)(=O)c2cc([N+](=O)[O-])c(Cl)s2)c1. The summed E-state index contributed by atoms with van der Waals surface area (Å²) in [7, 11) is -2.49. The zero-order valence-corrected chi connectivity index (χ0v) is 13.5. The van der Waals surface area contributed by atoms with Gasteiger partial charge in [-0.25, -0.2) is 8.42 Å². The number of sulfonamides is 1. The van der Waals surface area contributed by atoms with E-state index in [0.29, 0.717) is 17.0 Å². The summed E-state index contributed by atoms with van der Waals surface area (Å²) >= 11 is 6.39. The molecule has 21 heavy (non-hydrogen) atoms. The van der Waals surface area contributed by atoms with Crippen molar-refractivity contribution < 1.29 is 13.3 Å². The highest BCUT2D eigenvalue weighted by atomic mass is 35.5. The lowest BCUT2D eigenvalue weighted by atomic mass is 10.2. The molecule has 0 saturated carbocycles. The topological polar surface area (TPSA) is 80.5 Å². The monoisotopic (exact) mass is 346 g/mol. The van der Waals surface area contributed by atoms with Crippen LogP contribution in [0.25, 0.3) is 0 Å². The van der Waals surface area contributed by atoms with Gasteiger partial charge in [0.15, 0.2) is 4.34 Å². The van der Waals surface area contributed by atoms with Crippen LogP contribution in [-0.4, -0.2) is 20.4 Å². The molecule has 0 spiro atoms. The van der Waals surface area contributed by atoms with Crippen molar-refractivity contribution in [3.63, 3.8) is 0 Å². The fraction of sp³-hybridized carbons (Fsp3) is 0.167. The van der Waals surface area contributed by atoms with Crippen molar-refractivity contribution in [3.05, 3.63) is 50.3 Å². The molecule has 1 heterocycles. The van der Waals surface area contributed by atoms with E-state index in [0.717, 1.165) is 15.9 Å². The van der Waals surface area contributed by atoms with E-state index >= 15 is 0 Å². The zero-order valence-electron chi connectivity index (χ0n) is 11.1. The van der Waals surface area contributed by atoms with Crippen molar-refractivity contribution in [1.82, 2.24) is 0 Å². The maximum Gasteiger partial charge on any atom is 0.300 e. The Balaban J connectivity index is 2.47. The van der Waals surface area contributed by atoms with Gasteiger partial charge in [0.1, 0.15) is 4.21 Å². The second-order valence-electron chi connectivity index (χ2n) is 4.29. The minimum Gasteiger partial charge on any atom is -0.269 e. The van der Waals surface area contributed by atoms with Crippen LogP contribution in [0.4, 0.5) is 11.4 Å². The number of aryl methyl sites for hydroxylation is 1. The molecule has 0 aliphatic rings. The van der Waals surface area contributed by atoms with Crippen LogP contribution in [0.2, 0.25) is 4.34 Å². The molecule has 2 aromatic rings. The van der Waals surface area contributed by atoms with E-state index in [1.54, 1.807) is 18.2 Å². The summed E-state index contributed by atoms with van der Waals surface area (Å²) in [6.07, 6.45) is 0. The summed E-state index contributed by atoms with van der Waals surface area (Å²) in [6, 6.07) is 7.92. The normalized spacial score (nSPS) is 11.4. The average Bonchev–Trinajstić information content (AvgIpc) is 2.80. The highest BCUT2D eigenvalue weighted by Crippen LogP contribution is 2.38. The quantitative estimate of drug-likeness (QED) is 0.627. The first kappa shape index (κ1) is 15.7. The van der Waals surface area contributed by atoms with Crippen LogP contribution in [0.1, 0.15) is 5.56 Å². The van der Waals surface area contributed by atoms with E-state index in [-0.39, 0.29) is 8.55 Å². The Morgan fingerprint density at radius 2 is 2.00 bits per heavy atom. The van der Waals surface area contributed by atoms with Crippen LogP contribution < -0.4 is 4.31 Å². The van der Waals surface area contributed by atoms with Crippen LogP contribution in [0.5, 0.6) is 0 Å². The number of hydrogen-bond acceptors (Lipinski definition) is 5. The number of nitro groups is 1. The zero-order chi connectivity index (χ0) is 15.8. The summed E-state index contributed by atoms with van der Waals surface area (Å²) in [5.74, 6) is 0. The maximum absolute atomic E-state index is 12.5. The molecule has 6 nitrogen and oxygen atoms in total. The molecule has 0 fully saturated rings. The van der Waals surface area contributed by atoms with Crippen molar-refractivity contribution >= 4 is 44.3 Å². The smallest absolute Gasteiger partial charge is 0.269 e. The average molecular weight is 347 g/mol. The van der Waals surface area contributed by atoms with Crippen molar-refractivity contribution in [2.24, 2.45) is 0 Å². The Morgan fingerprint density at radius 1 is 1.33 bits per heavy atom. The van der Waals surface area contributed by atoms with E-state index in [4.69, 9.17) is 11.6 Å². The minimum atomic E-state index is -3.88. The number of rotatable bonds is 4. The van der Waals surface area contributed by atoms with Crippen LogP contribution >= 0.6 is 22.9 Å². The highest BCUT2D eigenvalue weighted by Gasteiger charge is 2.28. The first-order valence-corrected chi connectivity index (χ1v) is 8.36. The van der Waals surface area contributed by atoms with Gasteiger partial charge in [-0.1, -0.05) is 23.7 Å². The van der Waals surface area contributed by atoms with E-state index in [2.05, 4.69) is 0 Å². The number of hydrogen-bond donors (Lipinski definition) is 0. The van der Waals surface area contributed by atoms with Crippen LogP contribution in [-0.2, 0) is 10.0 Å². The van der Waals surface area contributed by atoms with Gasteiger partial charge >= 0.3 is 0 Å². The van der Waals surface area contributed by atoms with E-state index in [9.17, 15) is 18.5 Å². The molecule has 0 atom stereocenters. The summed E-state index contributed by atoms with van der Waals surface area (Å²) in [4.78, 5) is 10.1. The first-order valence-electron chi connectivity index (χ1n) is 5.73. The van der Waals surface area contributed by atoms with Gasteiger partial charge in [0.25, 0.3) is 15.7 Å². The lowest BCUT2D eigenvalue weighted by Gasteiger charge is -2.18. The number of nitrogens with zero attached hydrogens (tertiary/aromatic N) is 2. The third kappa shape index (κ3) is 3.02. The predicted molar refractivity (Wildman–Crippen MR) is 82.8 cm³/mol. The Bertz CT molecular complexity index is 801. The van der Waals surface area contributed by atoms with Crippen molar-refractivity contribution in [2.45, 2.75) is 11.1 Å². The lowest BCUT2D eigenvalue weighted by molar-refractivity contribution is -0.384. The van der Waals surface area contributed by atoms with E-state index in [1.165, 1.54) is 7.05 Å². The second kappa shape index (κ2) is 5.63. The molecule has 0 N–H and O–H groups in total. The minimum absolute atomic E-state index is 0.156. The van der Waals surface area contributed by atoms with Crippen molar-refractivity contribution in [1.29, 1.82) is 0 Å². The Morgan fingerprint density at radius 3 is 2.52 bits per heavy atom. The molecule has 9 heteroatoms. The van der Waals surface area contributed by atoms with Crippen molar-refractivity contribution in [2.75, 3.05) is 11.4 Å². The van der Waals surface area contributed by atoms with Gasteiger partial charge in [0.05, 0.1) is 10.6 Å². The second-order valence-corrected chi connectivity index (χ2v) is 8.14. The van der Waals surface area contributed by atoms with Crippen molar-refractivity contribution in [3.8, 4) is 0 Å². The largest absolute Gasteiger partial charge is 0.300 e. The third-order valence-electron chi connectivity index (χ3n) is 2.82. The van der Waals surface area contributed by atoms with E-state index in [1.807, 2.05) is 13.0 Å². The highest BCUT2D eigenvalue weighted by molar-refractivity contribution is 7.94. The number of halogens is 1. The molecular formula is C12H11ClN2O4S2. The van der Waals surface area contributed by atoms with E-state index < -0.39 is 20.6 Å². The Kier molecular flexibility index (Phi) is 4.22. The van der Waals surface area contributed by atoms with Gasteiger partial charge < -0.3 is 0 Å². The molecule has 0 aliphatic carbocycles. The molecule has 0 saturated heterocycles. The fourth-order valence-electron chi connectivity index (χ4n) is 1.69. The predicted octanol–water partition coefficient (Wildman–Crippen LogP) is 3.44. The van der Waals surface area contributed by atoms with Gasteiger partial charge in [-0.05, 0) is 24.6 Å². The van der Waals surface area contributed by atoms with Gasteiger partial charge in [-0.15, -0.1) is 11.3 Å². The molecule has 0 radical (unpaired) electrons. The molecule has 0 aliphatic heterocycles. The third-order valence-corrected chi connectivity index (χ3v) is 6.40. The summed E-state index contributed by atoms with van der Waals surface area (Å²) in [6.45, 7) is 1.84. The molecule has 0 unspecified atom stereocenters. The Labute approximate surface area is 130 Å². The van der Waals surface area contributed by atoms with Crippen LogP contribution in [0.15, 0.2) is 34.5 Å². The van der Waals surface area contributed by atoms with Gasteiger partial charge in [0.2, 0.25) is 0 Å². The molecule has 0 amide bonds. The number of benzene rings is 1. The van der Waals surface area contributed by atoms with Gasteiger partial charge in [0, 0.05) is 13.1 Å². The van der Waals surface area contributed by atoms with Gasteiger partial charge in [-0.3, -0.25) is 14.4 Å². The molecule has 1 aromatic heterocycles. The van der Waals surface area contributed by atoms with Crippen LogP contribution in [0, 0.1) is 17.0 Å². The summed E-state index contributed by atoms with van der Waals surface area (Å²) in [5, 5.41) is 10.8. The van der Waals surface area contributed by atoms with Crippen LogP contribution in [0.3, 0.4) is 0 Å². The first-order chi connectivity index (χ1) is 9.73. The Hall–Kier alpha value is -1.64. The summed E-state index contributed by atoms with van der Waals surface area (Å²) in [5.41, 5.74) is 0.977. The standard InChI is InChI=1S/C12H11ClN2O4S2/c1-8-4-3-5-9(6-8)14(2)21(18,19)11-7-10(15(16)17)12(13)20-11/h3-7H,1-2H3. The number of anilines is 1. The molecule has 2 rings (SSSR count). The van der Waals surface area contributed by atoms with Gasteiger partial charge in [-0.2, -0.15) is 0 Å². The molecule has 0 bridgehead atoms. The molecular weight excluding hydrogens is 336 g/mol. The molecule has 1 aromatic carbocycles. The summed E-state index contributed by atoms with van der Waals surface area (Å²) < 4.78 is 25.7. The lowest BCUT2D eigenvalue weighted by Crippen LogP contribution is -2.25. The molecule has 112 valence electrons. The maximum atomic E-state index is 12.5.